The van der Waals surface area contributed by atoms with Crippen LogP contribution < -0.4 is 10.6 Å². The molecule has 1 heterocycles. The van der Waals surface area contributed by atoms with Crippen LogP contribution in [0.4, 0.5) is 17.3 Å². The number of benzene rings is 1. The van der Waals surface area contributed by atoms with E-state index in [2.05, 4.69) is 34.4 Å². The number of nitrogens with one attached hydrogen (secondary N) is 2. The van der Waals surface area contributed by atoms with Crippen molar-refractivity contribution < 1.29 is 0 Å². The molecule has 0 bridgehead atoms. The number of hydrogen-bond acceptors (Lipinski definition) is 4. The Kier molecular flexibility index (Phi) is 3.55. The van der Waals surface area contributed by atoms with Crippen LogP contribution in [-0.2, 0) is 0 Å². The molecule has 0 saturated carbocycles. The second kappa shape index (κ2) is 5.30. The quantitative estimate of drug-likeness (QED) is 0.844. The van der Waals surface area contributed by atoms with Crippen LogP contribution in [0.25, 0.3) is 0 Å². The molecule has 0 unspecified atom stereocenters. The highest BCUT2D eigenvalue weighted by Gasteiger charge is 2.00. The van der Waals surface area contributed by atoms with Gasteiger partial charge in [-0.15, -0.1) is 0 Å². The van der Waals surface area contributed by atoms with Crippen LogP contribution >= 0.6 is 0 Å². The monoisotopic (exact) mass is 228 g/mol. The van der Waals surface area contributed by atoms with Gasteiger partial charge in [-0.05, 0) is 26.0 Å². The van der Waals surface area contributed by atoms with Crippen LogP contribution in [0.2, 0.25) is 0 Å². The summed E-state index contributed by atoms with van der Waals surface area (Å²) in [6.07, 6.45) is 1.55. The Labute approximate surface area is 101 Å². The molecule has 0 aliphatic carbocycles. The molecule has 4 heteroatoms. The van der Waals surface area contributed by atoms with E-state index in [1.807, 2.05) is 36.4 Å². The Hall–Kier alpha value is -2.10. The van der Waals surface area contributed by atoms with Crippen molar-refractivity contribution >= 4 is 17.3 Å². The Morgan fingerprint density at radius 1 is 1.00 bits per heavy atom. The van der Waals surface area contributed by atoms with E-state index in [4.69, 9.17) is 0 Å². The Morgan fingerprint density at radius 2 is 1.71 bits per heavy atom. The van der Waals surface area contributed by atoms with E-state index in [1.54, 1.807) is 6.33 Å². The summed E-state index contributed by atoms with van der Waals surface area (Å²) in [5, 5.41) is 6.47. The molecule has 2 rings (SSSR count). The molecule has 0 atom stereocenters. The second-order valence-corrected chi connectivity index (χ2v) is 4.08. The zero-order chi connectivity index (χ0) is 12.1. The molecule has 1 aromatic heterocycles. The lowest BCUT2D eigenvalue weighted by Gasteiger charge is -2.10. The van der Waals surface area contributed by atoms with Gasteiger partial charge >= 0.3 is 0 Å². The van der Waals surface area contributed by atoms with Gasteiger partial charge in [-0.25, -0.2) is 9.97 Å². The Bertz CT molecular complexity index is 468. The molecule has 88 valence electrons. The molecule has 0 saturated heterocycles. The third kappa shape index (κ3) is 3.45. The van der Waals surface area contributed by atoms with Crippen molar-refractivity contribution in [2.24, 2.45) is 0 Å². The van der Waals surface area contributed by atoms with Crippen LogP contribution in [-0.4, -0.2) is 16.0 Å². The van der Waals surface area contributed by atoms with Gasteiger partial charge in [0.2, 0.25) is 0 Å². The SMILES string of the molecule is CC(C)Nc1cc(Nc2ccccc2)ncn1. The highest BCUT2D eigenvalue weighted by molar-refractivity contribution is 5.58. The molecule has 1 aromatic carbocycles. The van der Waals surface area contributed by atoms with Crippen LogP contribution in [0, 0.1) is 0 Å². The van der Waals surface area contributed by atoms with Crippen LogP contribution in [0.3, 0.4) is 0 Å². The van der Waals surface area contributed by atoms with Gasteiger partial charge in [-0.3, -0.25) is 0 Å². The van der Waals surface area contributed by atoms with Gasteiger partial charge in [-0.2, -0.15) is 0 Å². The largest absolute Gasteiger partial charge is 0.368 e. The van der Waals surface area contributed by atoms with Gasteiger partial charge in [0.25, 0.3) is 0 Å². The Morgan fingerprint density at radius 3 is 2.41 bits per heavy atom. The van der Waals surface area contributed by atoms with Gasteiger partial charge in [-0.1, -0.05) is 18.2 Å². The Balaban J connectivity index is 2.11. The van der Waals surface area contributed by atoms with Crippen LogP contribution in [0.15, 0.2) is 42.7 Å². The highest BCUT2D eigenvalue weighted by Crippen LogP contribution is 2.15. The van der Waals surface area contributed by atoms with Crippen molar-refractivity contribution in [1.29, 1.82) is 0 Å². The summed E-state index contributed by atoms with van der Waals surface area (Å²) in [5.74, 6) is 1.61. The van der Waals surface area contributed by atoms with Crippen molar-refractivity contribution in [3.8, 4) is 0 Å². The van der Waals surface area contributed by atoms with Crippen molar-refractivity contribution in [3.63, 3.8) is 0 Å². The van der Waals surface area contributed by atoms with Crippen molar-refractivity contribution in [2.75, 3.05) is 10.6 Å². The number of nitrogens with zero attached hydrogens (tertiary/aromatic N) is 2. The van der Waals surface area contributed by atoms with E-state index >= 15 is 0 Å². The average molecular weight is 228 g/mol. The third-order valence-corrected chi connectivity index (χ3v) is 2.15. The van der Waals surface area contributed by atoms with E-state index in [0.717, 1.165) is 17.3 Å². The summed E-state index contributed by atoms with van der Waals surface area (Å²) in [6, 6.07) is 12.2. The van der Waals surface area contributed by atoms with Crippen molar-refractivity contribution in [1.82, 2.24) is 9.97 Å². The molecular weight excluding hydrogens is 212 g/mol. The highest BCUT2D eigenvalue weighted by atomic mass is 15.1. The van der Waals surface area contributed by atoms with E-state index in [9.17, 15) is 0 Å². The molecule has 0 aliphatic heterocycles. The maximum Gasteiger partial charge on any atom is 0.135 e. The topological polar surface area (TPSA) is 49.8 Å². The summed E-state index contributed by atoms with van der Waals surface area (Å²) in [4.78, 5) is 8.34. The van der Waals surface area contributed by atoms with Crippen molar-refractivity contribution in [3.05, 3.63) is 42.7 Å². The number of anilines is 3. The van der Waals surface area contributed by atoms with Gasteiger partial charge in [0.1, 0.15) is 18.0 Å². The van der Waals surface area contributed by atoms with Crippen LogP contribution in [0.5, 0.6) is 0 Å². The van der Waals surface area contributed by atoms with E-state index in [0.29, 0.717) is 6.04 Å². The zero-order valence-electron chi connectivity index (χ0n) is 10.0. The molecule has 2 N–H and O–H groups in total. The summed E-state index contributed by atoms with van der Waals surface area (Å²) < 4.78 is 0. The van der Waals surface area contributed by atoms with E-state index in [-0.39, 0.29) is 0 Å². The summed E-state index contributed by atoms with van der Waals surface area (Å²) >= 11 is 0. The molecule has 0 radical (unpaired) electrons. The minimum Gasteiger partial charge on any atom is -0.368 e. The number of para-hydroxylation sites is 1. The predicted octanol–water partition coefficient (Wildman–Crippen LogP) is 3.04. The average Bonchev–Trinajstić information content (AvgIpc) is 2.30. The fraction of sp³-hybridized carbons (Fsp3) is 0.231. The van der Waals surface area contributed by atoms with Gasteiger partial charge in [0.15, 0.2) is 0 Å². The lowest BCUT2D eigenvalue weighted by atomic mass is 10.3. The molecule has 0 fully saturated rings. The lowest BCUT2D eigenvalue weighted by Crippen LogP contribution is -2.11. The lowest BCUT2D eigenvalue weighted by molar-refractivity contribution is 0.886. The summed E-state index contributed by atoms with van der Waals surface area (Å²) in [5.41, 5.74) is 1.02. The van der Waals surface area contributed by atoms with E-state index in [1.165, 1.54) is 0 Å². The third-order valence-electron chi connectivity index (χ3n) is 2.15. The van der Waals surface area contributed by atoms with Gasteiger partial charge in [0.05, 0.1) is 0 Å². The molecule has 17 heavy (non-hydrogen) atoms. The minimum absolute atomic E-state index is 0.356. The first-order chi connectivity index (χ1) is 8.24. The molecule has 0 spiro atoms. The fourth-order valence-corrected chi connectivity index (χ4v) is 1.47. The van der Waals surface area contributed by atoms with E-state index < -0.39 is 0 Å². The molecule has 4 nitrogen and oxygen atoms in total. The van der Waals surface area contributed by atoms with Gasteiger partial charge in [0, 0.05) is 17.8 Å². The first-order valence-corrected chi connectivity index (χ1v) is 5.65. The molecule has 2 aromatic rings. The zero-order valence-corrected chi connectivity index (χ0v) is 10.0. The number of hydrogen-bond donors (Lipinski definition) is 2. The maximum absolute atomic E-state index is 4.18. The number of aromatic nitrogens is 2. The molecule has 0 aliphatic rings. The predicted molar refractivity (Wildman–Crippen MR) is 70.5 cm³/mol. The standard InChI is InChI=1S/C13H16N4/c1-10(2)16-12-8-13(15-9-14-12)17-11-6-4-3-5-7-11/h3-10H,1-2H3,(H2,14,15,16,17). The van der Waals surface area contributed by atoms with Crippen molar-refractivity contribution in [2.45, 2.75) is 19.9 Å². The summed E-state index contributed by atoms with van der Waals surface area (Å²) in [7, 11) is 0. The summed E-state index contributed by atoms with van der Waals surface area (Å²) in [6.45, 7) is 4.15. The first-order valence-electron chi connectivity index (χ1n) is 5.65. The number of rotatable bonds is 4. The first kappa shape index (κ1) is 11.4. The van der Waals surface area contributed by atoms with Gasteiger partial charge < -0.3 is 10.6 Å². The molecule has 0 amide bonds. The normalized spacial score (nSPS) is 10.3. The second-order valence-electron chi connectivity index (χ2n) is 4.08. The van der Waals surface area contributed by atoms with Crippen LogP contribution in [0.1, 0.15) is 13.8 Å². The maximum atomic E-state index is 4.18. The fourth-order valence-electron chi connectivity index (χ4n) is 1.47. The smallest absolute Gasteiger partial charge is 0.135 e. The minimum atomic E-state index is 0.356. The molecular formula is C13H16N4.